The molecule has 0 radical (unpaired) electrons. The van der Waals surface area contributed by atoms with Gasteiger partial charge in [-0.2, -0.15) is 10.1 Å². The number of hydroxylamine groups is 4. The summed E-state index contributed by atoms with van der Waals surface area (Å²) in [6.45, 7) is 11.7. The molecule has 1 heterocycles. The Kier molecular flexibility index (Phi) is 4.74. The smallest absolute Gasteiger partial charge is 0.136 e. The molecule has 4 nitrogen and oxygen atoms in total. The zero-order chi connectivity index (χ0) is 14.8. The van der Waals surface area contributed by atoms with E-state index < -0.39 is 17.2 Å². The molecule has 0 bridgehead atoms. The molecular weight excluding hydrogens is 240 g/mol. The molecule has 1 aliphatic rings. The molecule has 19 heavy (non-hydrogen) atoms. The number of hydrogen-bond donors (Lipinski definition) is 2. The van der Waals surface area contributed by atoms with Crippen molar-refractivity contribution in [3.8, 4) is 0 Å². The summed E-state index contributed by atoms with van der Waals surface area (Å²) in [5, 5.41) is 23.1. The third-order valence-corrected chi connectivity index (χ3v) is 4.20. The van der Waals surface area contributed by atoms with Crippen LogP contribution in [-0.2, 0) is 0 Å². The van der Waals surface area contributed by atoms with Gasteiger partial charge in [0.1, 0.15) is 6.17 Å². The van der Waals surface area contributed by atoms with E-state index in [0.29, 0.717) is 0 Å². The third-order valence-electron chi connectivity index (χ3n) is 4.20. The quantitative estimate of drug-likeness (QED) is 0.814. The van der Waals surface area contributed by atoms with Crippen LogP contribution in [0.3, 0.4) is 0 Å². The summed E-state index contributed by atoms with van der Waals surface area (Å²) >= 11 is 0. The minimum atomic E-state index is -0.539. The maximum atomic E-state index is 10.3. The second-order valence-corrected chi connectivity index (χ2v) is 5.59. The molecule has 4 heteroatoms. The maximum Gasteiger partial charge on any atom is 0.136 e. The average Bonchev–Trinajstić information content (AvgIpc) is 2.52. The molecule has 0 amide bonds. The standard InChI is InChI=1S/C13H20N2O2.C2H6/c1-12(2)13(3,4)15(17)11(14(12)16)10-8-6-5-7-9-10;1-2/h5-9,11,16-17H,1-4H3;1-2H3. The molecule has 1 aliphatic heterocycles. The molecule has 1 fully saturated rings. The minimum Gasteiger partial charge on any atom is -0.311 e. The van der Waals surface area contributed by atoms with Gasteiger partial charge in [-0.05, 0) is 33.3 Å². The first-order chi connectivity index (χ1) is 8.80. The summed E-state index contributed by atoms with van der Waals surface area (Å²) < 4.78 is 0. The highest BCUT2D eigenvalue weighted by atomic mass is 16.6. The number of nitrogens with zero attached hydrogens (tertiary/aromatic N) is 2. The Morgan fingerprint density at radius 1 is 0.842 bits per heavy atom. The fraction of sp³-hybridized carbons (Fsp3) is 0.600. The van der Waals surface area contributed by atoms with Gasteiger partial charge in [-0.1, -0.05) is 44.2 Å². The molecule has 1 aromatic rings. The van der Waals surface area contributed by atoms with Gasteiger partial charge in [0.05, 0.1) is 11.1 Å². The maximum absolute atomic E-state index is 10.3. The Morgan fingerprint density at radius 3 is 1.58 bits per heavy atom. The predicted octanol–water partition coefficient (Wildman–Crippen LogP) is 3.66. The summed E-state index contributed by atoms with van der Waals surface area (Å²) in [6.07, 6.45) is -0.527. The van der Waals surface area contributed by atoms with Crippen molar-refractivity contribution >= 4 is 0 Å². The van der Waals surface area contributed by atoms with Crippen molar-refractivity contribution < 1.29 is 10.4 Å². The Bertz CT molecular complexity index is 384. The van der Waals surface area contributed by atoms with Crippen molar-refractivity contribution in [1.82, 2.24) is 10.1 Å². The average molecular weight is 266 g/mol. The molecule has 0 unspecified atom stereocenters. The van der Waals surface area contributed by atoms with E-state index >= 15 is 0 Å². The predicted molar refractivity (Wildman–Crippen MR) is 75.9 cm³/mol. The van der Waals surface area contributed by atoms with E-state index in [9.17, 15) is 10.4 Å². The molecule has 2 rings (SSSR count). The van der Waals surface area contributed by atoms with E-state index in [1.165, 1.54) is 10.1 Å². The van der Waals surface area contributed by atoms with Crippen molar-refractivity contribution in [2.75, 3.05) is 0 Å². The lowest BCUT2D eigenvalue weighted by atomic mass is 9.84. The van der Waals surface area contributed by atoms with Gasteiger partial charge in [-0.3, -0.25) is 0 Å². The topological polar surface area (TPSA) is 46.9 Å². The van der Waals surface area contributed by atoms with Crippen molar-refractivity contribution in [3.05, 3.63) is 35.9 Å². The zero-order valence-corrected chi connectivity index (χ0v) is 12.8. The fourth-order valence-corrected chi connectivity index (χ4v) is 2.18. The van der Waals surface area contributed by atoms with Crippen molar-refractivity contribution in [2.45, 2.75) is 58.8 Å². The molecule has 0 atom stereocenters. The van der Waals surface area contributed by atoms with Crippen molar-refractivity contribution in [3.63, 3.8) is 0 Å². The van der Waals surface area contributed by atoms with Crippen LogP contribution in [0, 0.1) is 0 Å². The van der Waals surface area contributed by atoms with Gasteiger partial charge in [0.25, 0.3) is 0 Å². The van der Waals surface area contributed by atoms with Gasteiger partial charge >= 0.3 is 0 Å². The van der Waals surface area contributed by atoms with Crippen LogP contribution in [-0.4, -0.2) is 31.6 Å². The van der Waals surface area contributed by atoms with Crippen molar-refractivity contribution in [1.29, 1.82) is 0 Å². The second kappa shape index (κ2) is 5.59. The number of rotatable bonds is 1. The summed E-state index contributed by atoms with van der Waals surface area (Å²) in [7, 11) is 0. The second-order valence-electron chi connectivity index (χ2n) is 5.59. The molecule has 1 aromatic carbocycles. The van der Waals surface area contributed by atoms with Crippen LogP contribution >= 0.6 is 0 Å². The van der Waals surface area contributed by atoms with E-state index in [4.69, 9.17) is 0 Å². The van der Waals surface area contributed by atoms with E-state index in [1.54, 1.807) is 0 Å². The molecular formula is C15H26N2O2. The van der Waals surface area contributed by atoms with Crippen LogP contribution in [0.2, 0.25) is 0 Å². The number of benzene rings is 1. The highest BCUT2D eigenvalue weighted by molar-refractivity contribution is 5.22. The fourth-order valence-electron chi connectivity index (χ4n) is 2.18. The summed E-state index contributed by atoms with van der Waals surface area (Å²) in [6, 6.07) is 9.51. The van der Waals surface area contributed by atoms with Gasteiger partial charge in [-0.15, -0.1) is 0 Å². The van der Waals surface area contributed by atoms with Crippen LogP contribution in [0.4, 0.5) is 0 Å². The molecule has 0 spiro atoms. The summed E-state index contributed by atoms with van der Waals surface area (Å²) in [5.41, 5.74) is -0.207. The molecule has 0 aromatic heterocycles. The minimum absolute atomic E-state index is 0.527. The number of hydrogen-bond acceptors (Lipinski definition) is 4. The van der Waals surface area contributed by atoms with Crippen LogP contribution in [0.15, 0.2) is 30.3 Å². The lowest BCUT2D eigenvalue weighted by molar-refractivity contribution is -0.223. The first kappa shape index (κ1) is 16.1. The largest absolute Gasteiger partial charge is 0.311 e. The Hall–Kier alpha value is -0.940. The monoisotopic (exact) mass is 266 g/mol. The first-order valence-corrected chi connectivity index (χ1v) is 6.81. The van der Waals surface area contributed by atoms with Gasteiger partial charge in [0.2, 0.25) is 0 Å². The van der Waals surface area contributed by atoms with E-state index in [2.05, 4.69) is 0 Å². The van der Waals surface area contributed by atoms with Crippen molar-refractivity contribution in [2.24, 2.45) is 0 Å². The lowest BCUT2D eigenvalue weighted by Gasteiger charge is -2.37. The molecule has 0 saturated carbocycles. The third kappa shape index (κ3) is 2.41. The highest BCUT2D eigenvalue weighted by Crippen LogP contribution is 2.47. The SMILES string of the molecule is CC.CC1(C)N(O)C(c2ccccc2)N(O)C1(C)C. The van der Waals surface area contributed by atoms with E-state index in [0.717, 1.165) is 5.56 Å². The molecule has 108 valence electrons. The Balaban J connectivity index is 0.000000861. The van der Waals surface area contributed by atoms with Gasteiger partial charge in [0.15, 0.2) is 0 Å². The Morgan fingerprint density at radius 2 is 1.21 bits per heavy atom. The van der Waals surface area contributed by atoms with E-state index in [-0.39, 0.29) is 0 Å². The van der Waals surface area contributed by atoms with Crippen LogP contribution in [0.25, 0.3) is 0 Å². The van der Waals surface area contributed by atoms with Gasteiger partial charge in [0, 0.05) is 0 Å². The van der Waals surface area contributed by atoms with Gasteiger partial charge < -0.3 is 10.4 Å². The normalized spacial score (nSPS) is 22.9. The molecule has 0 aliphatic carbocycles. The van der Waals surface area contributed by atoms with Crippen LogP contribution in [0.1, 0.15) is 53.3 Å². The Labute approximate surface area is 116 Å². The summed E-state index contributed by atoms with van der Waals surface area (Å²) in [4.78, 5) is 0. The highest BCUT2D eigenvalue weighted by Gasteiger charge is 2.58. The van der Waals surface area contributed by atoms with Gasteiger partial charge in [-0.25, -0.2) is 0 Å². The van der Waals surface area contributed by atoms with Crippen LogP contribution in [0.5, 0.6) is 0 Å². The molecule has 1 saturated heterocycles. The lowest BCUT2D eigenvalue weighted by Crippen LogP contribution is -2.52. The molecule has 2 N–H and O–H groups in total. The first-order valence-electron chi connectivity index (χ1n) is 6.81. The van der Waals surface area contributed by atoms with Crippen LogP contribution < -0.4 is 0 Å². The van der Waals surface area contributed by atoms with E-state index in [1.807, 2.05) is 71.9 Å². The summed E-state index contributed by atoms with van der Waals surface area (Å²) in [5.74, 6) is 0. The zero-order valence-electron chi connectivity index (χ0n) is 12.8.